The van der Waals surface area contributed by atoms with Gasteiger partial charge in [0.1, 0.15) is 5.75 Å². The molecule has 102 valence electrons. The number of aryl methyl sites for hydroxylation is 2. The summed E-state index contributed by atoms with van der Waals surface area (Å²) < 4.78 is 44.2. The molecule has 0 aliphatic carbocycles. The van der Waals surface area contributed by atoms with E-state index in [1.54, 1.807) is 13.0 Å². The van der Waals surface area contributed by atoms with E-state index in [1.165, 1.54) is 25.0 Å². The van der Waals surface area contributed by atoms with E-state index in [9.17, 15) is 13.2 Å². The molecule has 2 aromatic heterocycles. The van der Waals surface area contributed by atoms with Gasteiger partial charge in [0.15, 0.2) is 5.69 Å². The van der Waals surface area contributed by atoms with Gasteiger partial charge in [0, 0.05) is 18.3 Å². The van der Waals surface area contributed by atoms with Crippen molar-refractivity contribution in [1.29, 1.82) is 0 Å². The lowest BCUT2D eigenvalue weighted by atomic mass is 10.1. The van der Waals surface area contributed by atoms with Gasteiger partial charge in [-0.1, -0.05) is 0 Å². The first-order valence-electron chi connectivity index (χ1n) is 5.45. The van der Waals surface area contributed by atoms with E-state index in [2.05, 4.69) is 10.1 Å². The first-order chi connectivity index (χ1) is 8.82. The van der Waals surface area contributed by atoms with E-state index in [1.807, 2.05) is 0 Å². The van der Waals surface area contributed by atoms with Crippen molar-refractivity contribution in [2.75, 3.05) is 7.11 Å². The molecule has 0 N–H and O–H groups in total. The van der Waals surface area contributed by atoms with E-state index in [0.29, 0.717) is 22.7 Å². The normalized spacial score (nSPS) is 11.7. The van der Waals surface area contributed by atoms with E-state index < -0.39 is 11.9 Å². The second-order valence-electron chi connectivity index (χ2n) is 4.06. The molecule has 0 unspecified atom stereocenters. The van der Waals surface area contributed by atoms with Crippen LogP contribution in [-0.4, -0.2) is 21.9 Å². The molecule has 0 radical (unpaired) electrons. The van der Waals surface area contributed by atoms with Gasteiger partial charge in [-0.05, 0) is 19.1 Å². The SMILES string of the molecule is COc1cnc(C)cc1-c1cc(C(F)(F)F)nn1C. The van der Waals surface area contributed by atoms with Gasteiger partial charge in [0.05, 0.1) is 19.0 Å². The maximum absolute atomic E-state index is 12.6. The Morgan fingerprint density at radius 2 is 1.95 bits per heavy atom. The van der Waals surface area contributed by atoms with Crippen LogP contribution in [0.1, 0.15) is 11.4 Å². The van der Waals surface area contributed by atoms with Crippen molar-refractivity contribution < 1.29 is 17.9 Å². The average Bonchev–Trinajstić information content (AvgIpc) is 2.71. The van der Waals surface area contributed by atoms with Gasteiger partial charge in [0.25, 0.3) is 0 Å². The number of nitrogens with zero attached hydrogens (tertiary/aromatic N) is 3. The first-order valence-corrected chi connectivity index (χ1v) is 5.45. The molecule has 4 nitrogen and oxygen atoms in total. The zero-order valence-electron chi connectivity index (χ0n) is 10.6. The molecule has 0 bridgehead atoms. The molecule has 2 rings (SSSR count). The number of pyridine rings is 1. The second-order valence-corrected chi connectivity index (χ2v) is 4.06. The van der Waals surface area contributed by atoms with Crippen LogP contribution in [0, 0.1) is 6.92 Å². The van der Waals surface area contributed by atoms with Crippen LogP contribution in [0.5, 0.6) is 5.75 Å². The molecule has 0 atom stereocenters. The molecule has 0 aromatic carbocycles. The Labute approximate surface area is 107 Å². The van der Waals surface area contributed by atoms with Gasteiger partial charge in [-0.25, -0.2) is 0 Å². The molecular weight excluding hydrogens is 259 g/mol. The van der Waals surface area contributed by atoms with Gasteiger partial charge < -0.3 is 4.74 Å². The van der Waals surface area contributed by atoms with Crippen LogP contribution in [-0.2, 0) is 13.2 Å². The molecule has 0 aliphatic rings. The number of halogens is 3. The molecule has 19 heavy (non-hydrogen) atoms. The third-order valence-electron chi connectivity index (χ3n) is 2.67. The standard InChI is InChI=1S/C12H12F3N3O/c1-7-4-8(10(19-3)6-16-7)9-5-11(12(13,14)15)17-18(9)2/h4-6H,1-3H3. The predicted molar refractivity (Wildman–Crippen MR) is 62.7 cm³/mol. The van der Waals surface area contributed by atoms with Crippen molar-refractivity contribution in [3.63, 3.8) is 0 Å². The molecule has 2 aromatic rings. The topological polar surface area (TPSA) is 39.9 Å². The first kappa shape index (κ1) is 13.4. The highest BCUT2D eigenvalue weighted by atomic mass is 19.4. The summed E-state index contributed by atoms with van der Waals surface area (Å²) in [6.45, 7) is 1.75. The zero-order valence-corrected chi connectivity index (χ0v) is 10.6. The van der Waals surface area contributed by atoms with Crippen molar-refractivity contribution in [3.8, 4) is 17.0 Å². The summed E-state index contributed by atoms with van der Waals surface area (Å²) in [6.07, 6.45) is -2.99. The van der Waals surface area contributed by atoms with E-state index >= 15 is 0 Å². The molecule has 0 saturated carbocycles. The van der Waals surface area contributed by atoms with Gasteiger partial charge in [-0.15, -0.1) is 0 Å². The number of rotatable bonds is 2. The molecule has 0 saturated heterocycles. The highest BCUT2D eigenvalue weighted by molar-refractivity contribution is 5.67. The maximum atomic E-state index is 12.6. The summed E-state index contributed by atoms with van der Waals surface area (Å²) in [6, 6.07) is 2.66. The summed E-state index contributed by atoms with van der Waals surface area (Å²) >= 11 is 0. The Kier molecular flexibility index (Phi) is 3.21. The largest absolute Gasteiger partial charge is 0.494 e. The minimum absolute atomic E-state index is 0.328. The van der Waals surface area contributed by atoms with Crippen LogP contribution < -0.4 is 4.74 Å². The average molecular weight is 271 g/mol. The van der Waals surface area contributed by atoms with Crippen molar-refractivity contribution in [3.05, 3.63) is 29.7 Å². The summed E-state index contributed by atoms with van der Waals surface area (Å²) in [5.41, 5.74) is 0.613. The van der Waals surface area contributed by atoms with E-state index in [0.717, 1.165) is 6.07 Å². The minimum Gasteiger partial charge on any atom is -0.494 e. The van der Waals surface area contributed by atoms with Crippen LogP contribution in [0.3, 0.4) is 0 Å². The highest BCUT2D eigenvalue weighted by Crippen LogP contribution is 2.34. The fraction of sp³-hybridized carbons (Fsp3) is 0.333. The Balaban J connectivity index is 2.59. The summed E-state index contributed by atoms with van der Waals surface area (Å²) in [4.78, 5) is 4.04. The number of alkyl halides is 3. The number of aromatic nitrogens is 3. The van der Waals surface area contributed by atoms with Crippen molar-refractivity contribution in [2.45, 2.75) is 13.1 Å². The molecular formula is C12H12F3N3O. The lowest BCUT2D eigenvalue weighted by molar-refractivity contribution is -0.141. The Bertz CT molecular complexity index is 605. The fourth-order valence-corrected chi connectivity index (χ4v) is 1.77. The summed E-state index contributed by atoms with van der Waals surface area (Å²) in [5, 5.41) is 3.48. The van der Waals surface area contributed by atoms with Crippen LogP contribution in [0.15, 0.2) is 18.3 Å². The molecule has 7 heteroatoms. The van der Waals surface area contributed by atoms with Gasteiger partial charge in [-0.3, -0.25) is 9.67 Å². The second kappa shape index (κ2) is 4.56. The van der Waals surface area contributed by atoms with Crippen molar-refractivity contribution >= 4 is 0 Å². The molecule has 0 fully saturated rings. The molecule has 0 aliphatic heterocycles. The zero-order chi connectivity index (χ0) is 14.2. The Morgan fingerprint density at radius 1 is 1.26 bits per heavy atom. The van der Waals surface area contributed by atoms with Gasteiger partial charge in [0.2, 0.25) is 0 Å². The van der Waals surface area contributed by atoms with E-state index in [4.69, 9.17) is 4.74 Å². The lowest BCUT2D eigenvalue weighted by Gasteiger charge is -2.08. The quantitative estimate of drug-likeness (QED) is 0.843. The smallest absolute Gasteiger partial charge is 0.435 e. The molecule has 0 amide bonds. The number of hydrogen-bond acceptors (Lipinski definition) is 3. The summed E-state index contributed by atoms with van der Waals surface area (Å²) in [5.74, 6) is 0.405. The maximum Gasteiger partial charge on any atom is 0.435 e. The predicted octanol–water partition coefficient (Wildman–Crippen LogP) is 2.82. The third kappa shape index (κ3) is 2.54. The van der Waals surface area contributed by atoms with Gasteiger partial charge in [-0.2, -0.15) is 18.3 Å². The Morgan fingerprint density at radius 3 is 2.47 bits per heavy atom. The minimum atomic E-state index is -4.47. The van der Waals surface area contributed by atoms with Crippen LogP contribution >= 0.6 is 0 Å². The third-order valence-corrected chi connectivity index (χ3v) is 2.67. The number of hydrogen-bond donors (Lipinski definition) is 0. The molecule has 0 spiro atoms. The monoisotopic (exact) mass is 271 g/mol. The van der Waals surface area contributed by atoms with Crippen LogP contribution in [0.25, 0.3) is 11.3 Å². The highest BCUT2D eigenvalue weighted by Gasteiger charge is 2.35. The fourth-order valence-electron chi connectivity index (χ4n) is 1.77. The number of ether oxygens (including phenoxy) is 1. The number of methoxy groups -OCH3 is 1. The van der Waals surface area contributed by atoms with E-state index in [-0.39, 0.29) is 0 Å². The Hall–Kier alpha value is -2.05. The van der Waals surface area contributed by atoms with Crippen LogP contribution in [0.4, 0.5) is 13.2 Å². The molecule has 2 heterocycles. The summed E-state index contributed by atoms with van der Waals surface area (Å²) in [7, 11) is 2.90. The van der Waals surface area contributed by atoms with Crippen molar-refractivity contribution in [2.24, 2.45) is 7.05 Å². The van der Waals surface area contributed by atoms with Crippen LogP contribution in [0.2, 0.25) is 0 Å². The van der Waals surface area contributed by atoms with Crippen molar-refractivity contribution in [1.82, 2.24) is 14.8 Å². The van der Waals surface area contributed by atoms with Gasteiger partial charge >= 0.3 is 6.18 Å². The lowest BCUT2D eigenvalue weighted by Crippen LogP contribution is -2.06.